The van der Waals surface area contributed by atoms with Gasteiger partial charge in [0, 0.05) is 12.0 Å². The van der Waals surface area contributed by atoms with Gasteiger partial charge in [0.15, 0.2) is 0 Å². The van der Waals surface area contributed by atoms with Crippen molar-refractivity contribution in [2.24, 2.45) is 0 Å². The largest absolute Gasteiger partial charge is 0.478 e. The molecule has 1 aliphatic carbocycles. The van der Waals surface area contributed by atoms with Crippen LogP contribution in [0.5, 0.6) is 0 Å². The Kier molecular flexibility index (Phi) is 4.43. The van der Waals surface area contributed by atoms with E-state index in [4.69, 9.17) is 9.84 Å². The maximum absolute atomic E-state index is 11.1. The number of aliphatic hydroxyl groups excluding tert-OH is 2. The summed E-state index contributed by atoms with van der Waals surface area (Å²) in [6, 6.07) is 13.9. The van der Waals surface area contributed by atoms with Crippen molar-refractivity contribution in [2.75, 3.05) is 0 Å². The lowest BCUT2D eigenvalue weighted by Crippen LogP contribution is -2.42. The Bertz CT molecular complexity index is 752. The van der Waals surface area contributed by atoms with Crippen LogP contribution in [0.2, 0.25) is 0 Å². The molecule has 0 unspecified atom stereocenters. The van der Waals surface area contributed by atoms with E-state index in [1.54, 1.807) is 0 Å². The number of carboxylic acids is 1. The number of hydrogen-bond acceptors (Lipinski definition) is 4. The van der Waals surface area contributed by atoms with E-state index in [1.807, 2.05) is 42.5 Å². The number of benzene rings is 2. The summed E-state index contributed by atoms with van der Waals surface area (Å²) >= 11 is 0. The molecule has 3 atom stereocenters. The number of rotatable bonds is 4. The van der Waals surface area contributed by atoms with E-state index in [1.165, 1.54) is 6.08 Å². The number of aliphatic hydroxyl groups is 2. The molecule has 0 amide bonds. The van der Waals surface area contributed by atoms with Crippen LogP contribution in [0, 0.1) is 0 Å². The van der Waals surface area contributed by atoms with E-state index < -0.39 is 24.3 Å². The van der Waals surface area contributed by atoms with Gasteiger partial charge in [0.1, 0.15) is 12.2 Å². The highest BCUT2D eigenvalue weighted by Crippen LogP contribution is 2.24. The average molecular weight is 314 g/mol. The molecule has 5 nitrogen and oxygen atoms in total. The van der Waals surface area contributed by atoms with Gasteiger partial charge in [-0.15, -0.1) is 0 Å². The van der Waals surface area contributed by atoms with Gasteiger partial charge in [0.2, 0.25) is 0 Å². The lowest BCUT2D eigenvalue weighted by molar-refractivity contribution is -0.135. The first-order valence-corrected chi connectivity index (χ1v) is 7.44. The monoisotopic (exact) mass is 314 g/mol. The summed E-state index contributed by atoms with van der Waals surface area (Å²) in [5.41, 5.74) is 0.989. The molecular weight excluding hydrogens is 296 g/mol. The van der Waals surface area contributed by atoms with Crippen LogP contribution in [0.25, 0.3) is 10.8 Å². The predicted molar refractivity (Wildman–Crippen MR) is 84.9 cm³/mol. The fourth-order valence-corrected chi connectivity index (χ4v) is 2.78. The summed E-state index contributed by atoms with van der Waals surface area (Å²) in [6.07, 6.45) is -1.85. The second kappa shape index (κ2) is 6.50. The van der Waals surface area contributed by atoms with Crippen LogP contribution in [0.15, 0.2) is 54.1 Å². The molecule has 0 saturated carbocycles. The minimum atomic E-state index is -1.23. The van der Waals surface area contributed by atoms with Crippen LogP contribution < -0.4 is 0 Å². The van der Waals surface area contributed by atoms with E-state index in [-0.39, 0.29) is 18.6 Å². The van der Waals surface area contributed by atoms with Gasteiger partial charge in [-0.25, -0.2) is 4.79 Å². The van der Waals surface area contributed by atoms with Crippen LogP contribution in [0.1, 0.15) is 12.0 Å². The van der Waals surface area contributed by atoms with Crippen molar-refractivity contribution in [1.82, 2.24) is 0 Å². The van der Waals surface area contributed by atoms with E-state index in [2.05, 4.69) is 0 Å². The number of fused-ring (bicyclic) bond motifs is 1. The fourth-order valence-electron chi connectivity index (χ4n) is 2.78. The average Bonchev–Trinajstić information content (AvgIpc) is 2.55. The number of aliphatic carboxylic acids is 1. The SMILES string of the molecule is O=C(O)C1=C[C@@H](O)[C@@H](O)[C@H](OCc2ccc3ccccc3c2)C1. The second-order valence-corrected chi connectivity index (χ2v) is 5.71. The number of carboxylic acid groups (broad SMARTS) is 1. The number of ether oxygens (including phenoxy) is 1. The first-order chi connectivity index (χ1) is 11.0. The van der Waals surface area contributed by atoms with E-state index >= 15 is 0 Å². The maximum Gasteiger partial charge on any atom is 0.331 e. The molecule has 0 saturated heterocycles. The molecule has 0 heterocycles. The van der Waals surface area contributed by atoms with Crippen LogP contribution in [0.4, 0.5) is 0 Å². The molecular formula is C18H18O5. The molecule has 0 aromatic heterocycles. The van der Waals surface area contributed by atoms with Crippen molar-refractivity contribution in [3.8, 4) is 0 Å². The zero-order valence-corrected chi connectivity index (χ0v) is 12.4. The van der Waals surface area contributed by atoms with Crippen LogP contribution >= 0.6 is 0 Å². The molecule has 0 bridgehead atoms. The third-order valence-electron chi connectivity index (χ3n) is 4.08. The van der Waals surface area contributed by atoms with Gasteiger partial charge >= 0.3 is 5.97 Å². The van der Waals surface area contributed by atoms with Gasteiger partial charge in [-0.2, -0.15) is 0 Å². The van der Waals surface area contributed by atoms with Crippen LogP contribution in [-0.2, 0) is 16.1 Å². The maximum atomic E-state index is 11.1. The molecule has 0 aliphatic heterocycles. The molecule has 0 spiro atoms. The van der Waals surface area contributed by atoms with Crippen molar-refractivity contribution in [3.05, 3.63) is 59.7 Å². The molecule has 2 aromatic rings. The number of hydrogen-bond donors (Lipinski definition) is 3. The lowest BCUT2D eigenvalue weighted by atomic mass is 9.92. The number of carbonyl (C=O) groups is 1. The minimum Gasteiger partial charge on any atom is -0.478 e. The Hall–Kier alpha value is -2.21. The van der Waals surface area contributed by atoms with Gasteiger partial charge < -0.3 is 20.1 Å². The van der Waals surface area contributed by atoms with E-state index in [0.717, 1.165) is 16.3 Å². The normalized spacial score (nSPS) is 24.4. The molecule has 5 heteroatoms. The van der Waals surface area contributed by atoms with Crippen molar-refractivity contribution >= 4 is 16.7 Å². The molecule has 1 aliphatic rings. The van der Waals surface area contributed by atoms with Gasteiger partial charge in [-0.1, -0.05) is 36.4 Å². The Morgan fingerprint density at radius 1 is 1.13 bits per heavy atom. The zero-order chi connectivity index (χ0) is 16.4. The molecule has 3 rings (SSSR count). The van der Waals surface area contributed by atoms with Crippen molar-refractivity contribution < 1.29 is 24.9 Å². The molecule has 23 heavy (non-hydrogen) atoms. The smallest absolute Gasteiger partial charge is 0.331 e. The van der Waals surface area contributed by atoms with Crippen molar-refractivity contribution in [3.63, 3.8) is 0 Å². The second-order valence-electron chi connectivity index (χ2n) is 5.71. The summed E-state index contributed by atoms with van der Waals surface area (Å²) in [4.78, 5) is 11.1. The van der Waals surface area contributed by atoms with Gasteiger partial charge in [-0.3, -0.25) is 0 Å². The summed E-state index contributed by atoms with van der Waals surface area (Å²) in [5.74, 6) is -1.10. The summed E-state index contributed by atoms with van der Waals surface area (Å²) < 4.78 is 5.67. The van der Waals surface area contributed by atoms with Crippen LogP contribution in [0.3, 0.4) is 0 Å². The molecule has 0 radical (unpaired) electrons. The lowest BCUT2D eigenvalue weighted by Gasteiger charge is -2.30. The first-order valence-electron chi connectivity index (χ1n) is 7.44. The van der Waals surface area contributed by atoms with Crippen LogP contribution in [-0.4, -0.2) is 39.6 Å². The Morgan fingerprint density at radius 3 is 2.61 bits per heavy atom. The third kappa shape index (κ3) is 3.42. The van der Waals surface area contributed by atoms with Crippen molar-refractivity contribution in [2.45, 2.75) is 31.3 Å². The highest BCUT2D eigenvalue weighted by atomic mass is 16.5. The molecule has 2 aromatic carbocycles. The van der Waals surface area contributed by atoms with E-state index in [9.17, 15) is 15.0 Å². The zero-order valence-electron chi connectivity index (χ0n) is 12.4. The first kappa shape index (κ1) is 15.7. The molecule has 3 N–H and O–H groups in total. The molecule has 120 valence electrons. The summed E-state index contributed by atoms with van der Waals surface area (Å²) in [6.45, 7) is 0.242. The Balaban J connectivity index is 1.71. The minimum absolute atomic E-state index is 0.0614. The molecule has 0 fully saturated rings. The topological polar surface area (TPSA) is 87.0 Å². The third-order valence-corrected chi connectivity index (χ3v) is 4.08. The van der Waals surface area contributed by atoms with Crippen molar-refractivity contribution in [1.29, 1.82) is 0 Å². The Labute approximate surface area is 133 Å². The van der Waals surface area contributed by atoms with E-state index in [0.29, 0.717) is 0 Å². The standard InChI is InChI=1S/C18H18O5/c19-15-8-14(18(21)22)9-16(17(15)20)23-10-11-5-6-12-3-1-2-4-13(12)7-11/h1-8,15-17,19-20H,9-10H2,(H,21,22)/t15-,16-,17-/m1/s1. The summed E-state index contributed by atoms with van der Waals surface area (Å²) in [7, 11) is 0. The summed E-state index contributed by atoms with van der Waals surface area (Å²) in [5, 5.41) is 31.0. The Morgan fingerprint density at radius 2 is 1.87 bits per heavy atom. The highest BCUT2D eigenvalue weighted by Gasteiger charge is 2.33. The highest BCUT2D eigenvalue weighted by molar-refractivity contribution is 5.87. The fraction of sp³-hybridized carbons (Fsp3) is 0.278. The predicted octanol–water partition coefficient (Wildman–Crippen LogP) is 1.86. The van der Waals surface area contributed by atoms with Gasteiger partial charge in [-0.05, 0) is 28.5 Å². The van der Waals surface area contributed by atoms with Gasteiger partial charge in [0.05, 0.1) is 12.7 Å². The van der Waals surface area contributed by atoms with Gasteiger partial charge in [0.25, 0.3) is 0 Å². The quantitative estimate of drug-likeness (QED) is 0.802.